The molecule has 1 saturated heterocycles. The van der Waals surface area contributed by atoms with E-state index in [9.17, 15) is 4.79 Å². The van der Waals surface area contributed by atoms with Crippen molar-refractivity contribution in [2.45, 2.75) is 31.9 Å². The van der Waals surface area contributed by atoms with Crippen LogP contribution in [0.5, 0.6) is 0 Å². The molecule has 1 aromatic carbocycles. The number of carbonyl (C=O) groups excluding carboxylic acids is 1. The molecule has 0 bridgehead atoms. The number of amides is 1. The smallest absolute Gasteiger partial charge is 0.272 e. The van der Waals surface area contributed by atoms with Crippen molar-refractivity contribution in [1.29, 1.82) is 0 Å². The van der Waals surface area contributed by atoms with Crippen LogP contribution in [0.3, 0.4) is 0 Å². The fourth-order valence-corrected chi connectivity index (χ4v) is 2.67. The molecule has 0 spiro atoms. The normalized spacial score (nSPS) is 18.1. The third-order valence-corrected chi connectivity index (χ3v) is 4.08. The third kappa shape index (κ3) is 4.29. The molecule has 2 atom stereocenters. The fourth-order valence-electron chi connectivity index (χ4n) is 2.67. The van der Waals surface area contributed by atoms with Crippen LogP contribution in [0, 0.1) is 0 Å². The zero-order chi connectivity index (χ0) is 16.8. The average molecular weight is 326 g/mol. The van der Waals surface area contributed by atoms with Crippen molar-refractivity contribution >= 4 is 11.7 Å². The number of hydrogen-bond acceptors (Lipinski definition) is 5. The van der Waals surface area contributed by atoms with E-state index in [1.165, 1.54) is 0 Å². The van der Waals surface area contributed by atoms with Gasteiger partial charge in [0.15, 0.2) is 5.69 Å². The first-order valence-electron chi connectivity index (χ1n) is 8.27. The molecular weight excluding hydrogens is 304 g/mol. The number of anilines is 1. The minimum absolute atomic E-state index is 0.0854. The van der Waals surface area contributed by atoms with Gasteiger partial charge in [0.1, 0.15) is 5.82 Å². The van der Waals surface area contributed by atoms with Crippen LogP contribution in [-0.2, 0) is 4.74 Å². The first-order chi connectivity index (χ1) is 11.7. The van der Waals surface area contributed by atoms with Crippen LogP contribution in [0.1, 0.15) is 41.9 Å². The predicted octanol–water partition coefficient (Wildman–Crippen LogP) is 2.56. The third-order valence-electron chi connectivity index (χ3n) is 4.08. The summed E-state index contributed by atoms with van der Waals surface area (Å²) in [6.45, 7) is 3.49. The molecule has 0 aliphatic carbocycles. The Morgan fingerprint density at radius 2 is 2.08 bits per heavy atom. The van der Waals surface area contributed by atoms with Crippen LogP contribution in [0.2, 0.25) is 0 Å². The highest BCUT2D eigenvalue weighted by Crippen LogP contribution is 2.14. The molecular formula is C18H22N4O2. The molecule has 3 rings (SSSR count). The maximum atomic E-state index is 12.3. The molecule has 126 valence electrons. The molecule has 24 heavy (non-hydrogen) atoms. The van der Waals surface area contributed by atoms with E-state index in [2.05, 4.69) is 20.8 Å². The summed E-state index contributed by atoms with van der Waals surface area (Å²) in [5.74, 6) is 0.419. The fraction of sp³-hybridized carbons (Fsp3) is 0.389. The molecule has 2 heterocycles. The molecule has 2 unspecified atom stereocenters. The summed E-state index contributed by atoms with van der Waals surface area (Å²) < 4.78 is 5.55. The molecule has 1 aliphatic heterocycles. The van der Waals surface area contributed by atoms with E-state index in [1.807, 2.05) is 37.3 Å². The van der Waals surface area contributed by atoms with Gasteiger partial charge in [-0.25, -0.2) is 0 Å². The number of ether oxygens (including phenoxy) is 1. The second-order valence-electron chi connectivity index (χ2n) is 5.93. The Kier molecular flexibility index (Phi) is 5.38. The Labute approximate surface area is 141 Å². The highest BCUT2D eigenvalue weighted by molar-refractivity contribution is 5.92. The van der Waals surface area contributed by atoms with E-state index in [0.29, 0.717) is 18.1 Å². The summed E-state index contributed by atoms with van der Waals surface area (Å²) in [5, 5.41) is 14.2. The van der Waals surface area contributed by atoms with Crippen molar-refractivity contribution in [3.63, 3.8) is 0 Å². The average Bonchev–Trinajstić information content (AvgIpc) is 3.14. The Hall–Kier alpha value is -2.47. The lowest BCUT2D eigenvalue weighted by Gasteiger charge is -2.14. The van der Waals surface area contributed by atoms with Crippen molar-refractivity contribution in [2.75, 3.05) is 18.5 Å². The van der Waals surface area contributed by atoms with Crippen molar-refractivity contribution in [2.24, 2.45) is 0 Å². The Bertz CT molecular complexity index is 654. The number of aromatic nitrogens is 2. The number of nitrogens with zero attached hydrogens (tertiary/aromatic N) is 2. The Morgan fingerprint density at radius 3 is 2.75 bits per heavy atom. The van der Waals surface area contributed by atoms with Gasteiger partial charge in [-0.05, 0) is 37.5 Å². The van der Waals surface area contributed by atoms with Crippen LogP contribution in [0.4, 0.5) is 5.82 Å². The number of rotatable bonds is 6. The second kappa shape index (κ2) is 7.88. The van der Waals surface area contributed by atoms with E-state index in [4.69, 9.17) is 4.74 Å². The van der Waals surface area contributed by atoms with Gasteiger partial charge in [0, 0.05) is 13.2 Å². The number of carbonyl (C=O) groups is 1. The highest BCUT2D eigenvalue weighted by atomic mass is 16.5. The van der Waals surface area contributed by atoms with Crippen molar-refractivity contribution in [3.8, 4) is 0 Å². The van der Waals surface area contributed by atoms with Gasteiger partial charge in [-0.3, -0.25) is 4.79 Å². The van der Waals surface area contributed by atoms with E-state index < -0.39 is 0 Å². The van der Waals surface area contributed by atoms with Gasteiger partial charge in [0.05, 0.1) is 12.1 Å². The summed E-state index contributed by atoms with van der Waals surface area (Å²) in [4.78, 5) is 12.3. The van der Waals surface area contributed by atoms with Gasteiger partial charge in [-0.15, -0.1) is 10.2 Å². The molecule has 1 aliphatic rings. The zero-order valence-electron chi connectivity index (χ0n) is 13.7. The SMILES string of the molecule is CC(NC(=O)c1ccc(NCC2CCCO2)nn1)c1ccccc1. The first kappa shape index (κ1) is 16.4. The van der Waals surface area contributed by atoms with Crippen molar-refractivity contribution in [1.82, 2.24) is 15.5 Å². The summed E-state index contributed by atoms with van der Waals surface area (Å²) in [7, 11) is 0. The van der Waals surface area contributed by atoms with E-state index >= 15 is 0 Å². The lowest BCUT2D eigenvalue weighted by Crippen LogP contribution is -2.27. The molecule has 6 nitrogen and oxygen atoms in total. The number of benzene rings is 1. The zero-order valence-corrected chi connectivity index (χ0v) is 13.7. The summed E-state index contributed by atoms with van der Waals surface area (Å²) in [5.41, 5.74) is 1.36. The maximum Gasteiger partial charge on any atom is 0.272 e. The summed E-state index contributed by atoms with van der Waals surface area (Å²) in [6, 6.07) is 13.2. The summed E-state index contributed by atoms with van der Waals surface area (Å²) in [6.07, 6.45) is 2.41. The Balaban J connectivity index is 1.53. The molecule has 1 aromatic heterocycles. The first-order valence-corrected chi connectivity index (χ1v) is 8.27. The van der Waals surface area contributed by atoms with Crippen LogP contribution in [-0.4, -0.2) is 35.4 Å². The van der Waals surface area contributed by atoms with Crippen LogP contribution < -0.4 is 10.6 Å². The van der Waals surface area contributed by atoms with E-state index in [-0.39, 0.29) is 18.1 Å². The largest absolute Gasteiger partial charge is 0.376 e. The number of hydrogen-bond donors (Lipinski definition) is 2. The van der Waals surface area contributed by atoms with E-state index in [1.54, 1.807) is 12.1 Å². The van der Waals surface area contributed by atoms with Gasteiger partial charge < -0.3 is 15.4 Å². The lowest BCUT2D eigenvalue weighted by atomic mass is 10.1. The lowest BCUT2D eigenvalue weighted by molar-refractivity contribution is 0.0933. The van der Waals surface area contributed by atoms with Crippen molar-refractivity contribution in [3.05, 3.63) is 53.7 Å². The van der Waals surface area contributed by atoms with Gasteiger partial charge >= 0.3 is 0 Å². The van der Waals surface area contributed by atoms with Gasteiger partial charge in [0.2, 0.25) is 0 Å². The standard InChI is InChI=1S/C18H22N4O2/c1-13(14-6-3-2-4-7-14)20-18(23)16-9-10-17(22-21-16)19-12-15-8-5-11-24-15/h2-4,6-7,9-10,13,15H,5,8,11-12H2,1H3,(H,19,22)(H,20,23). The monoisotopic (exact) mass is 326 g/mol. The highest BCUT2D eigenvalue weighted by Gasteiger charge is 2.16. The molecule has 1 amide bonds. The Morgan fingerprint density at radius 1 is 1.25 bits per heavy atom. The minimum Gasteiger partial charge on any atom is -0.376 e. The molecule has 0 radical (unpaired) electrons. The quantitative estimate of drug-likeness (QED) is 0.853. The molecule has 1 fully saturated rings. The van der Waals surface area contributed by atoms with E-state index in [0.717, 1.165) is 25.0 Å². The number of nitrogens with one attached hydrogen (secondary N) is 2. The minimum atomic E-state index is -0.232. The van der Waals surface area contributed by atoms with Crippen LogP contribution in [0.15, 0.2) is 42.5 Å². The molecule has 2 N–H and O–H groups in total. The molecule has 2 aromatic rings. The van der Waals surface area contributed by atoms with Gasteiger partial charge in [0.25, 0.3) is 5.91 Å². The van der Waals surface area contributed by atoms with Crippen LogP contribution >= 0.6 is 0 Å². The van der Waals surface area contributed by atoms with Crippen LogP contribution in [0.25, 0.3) is 0 Å². The predicted molar refractivity (Wildman–Crippen MR) is 91.8 cm³/mol. The molecule has 6 heteroatoms. The van der Waals surface area contributed by atoms with Gasteiger partial charge in [-0.1, -0.05) is 30.3 Å². The summed E-state index contributed by atoms with van der Waals surface area (Å²) >= 11 is 0. The van der Waals surface area contributed by atoms with Gasteiger partial charge in [-0.2, -0.15) is 0 Å². The maximum absolute atomic E-state index is 12.3. The second-order valence-corrected chi connectivity index (χ2v) is 5.93. The molecule has 0 saturated carbocycles. The van der Waals surface area contributed by atoms with Crippen molar-refractivity contribution < 1.29 is 9.53 Å². The topological polar surface area (TPSA) is 76.1 Å².